The lowest BCUT2D eigenvalue weighted by Gasteiger charge is -2.37. The summed E-state index contributed by atoms with van der Waals surface area (Å²) in [5, 5.41) is 4.00. The number of pyridine rings is 1. The quantitative estimate of drug-likeness (QED) is 0.651. The van der Waals surface area contributed by atoms with Crippen molar-refractivity contribution in [2.45, 2.75) is 19.4 Å². The third-order valence-corrected chi connectivity index (χ3v) is 5.72. The van der Waals surface area contributed by atoms with E-state index in [1.807, 2.05) is 25.2 Å². The second-order valence-corrected chi connectivity index (χ2v) is 8.43. The number of likely N-dealkylation sites (N-methyl/N-ethyl adjacent to an activating group) is 1. The van der Waals surface area contributed by atoms with E-state index in [4.69, 9.17) is 0 Å². The van der Waals surface area contributed by atoms with Gasteiger partial charge in [-0.25, -0.2) is 0 Å². The molecule has 2 N–H and O–H groups in total. The molecule has 0 bridgehead atoms. The molecule has 2 heterocycles. The summed E-state index contributed by atoms with van der Waals surface area (Å²) in [7, 11) is 2.03. The van der Waals surface area contributed by atoms with Gasteiger partial charge in [-0.15, -0.1) is 0 Å². The van der Waals surface area contributed by atoms with Gasteiger partial charge in [-0.05, 0) is 51.2 Å². The number of nitrogens with zero attached hydrogens (tertiary/aromatic N) is 2. The molecule has 3 aromatic rings. The van der Waals surface area contributed by atoms with E-state index in [1.165, 1.54) is 0 Å². The van der Waals surface area contributed by atoms with Gasteiger partial charge in [-0.3, -0.25) is 14.4 Å². The van der Waals surface area contributed by atoms with Gasteiger partial charge in [0.25, 0.3) is 5.91 Å². The number of hydrogen-bond acceptors (Lipinski definition) is 4. The molecule has 156 valence electrons. The number of benzene rings is 2. The smallest absolute Gasteiger partial charge is 0.252 e. The van der Waals surface area contributed by atoms with Crippen molar-refractivity contribution in [3.05, 3.63) is 58.3 Å². The van der Waals surface area contributed by atoms with Gasteiger partial charge in [0.05, 0.1) is 5.52 Å². The maximum absolute atomic E-state index is 12.9. The summed E-state index contributed by atoms with van der Waals surface area (Å²) in [6.07, 6.45) is 0. The lowest BCUT2D eigenvalue weighted by Crippen LogP contribution is -2.59. The molecule has 1 aliphatic heterocycles. The summed E-state index contributed by atoms with van der Waals surface area (Å²) >= 11 is 0. The van der Waals surface area contributed by atoms with Crippen LogP contribution in [-0.4, -0.2) is 65.4 Å². The molecule has 2 amide bonds. The molecule has 0 aliphatic carbocycles. The van der Waals surface area contributed by atoms with Gasteiger partial charge in [0.15, 0.2) is 5.43 Å². The lowest BCUT2D eigenvalue weighted by molar-refractivity contribution is -0.138. The normalized spacial score (nSPS) is 15.5. The molecule has 1 saturated heterocycles. The zero-order chi connectivity index (χ0) is 21.5. The number of H-pyrrole nitrogens is 1. The van der Waals surface area contributed by atoms with Gasteiger partial charge in [-0.2, -0.15) is 0 Å². The number of amides is 2. The predicted molar refractivity (Wildman–Crippen MR) is 118 cm³/mol. The van der Waals surface area contributed by atoms with Crippen LogP contribution in [0, 0.1) is 0 Å². The number of aromatic nitrogens is 1. The van der Waals surface area contributed by atoms with Crippen LogP contribution in [0.15, 0.2) is 47.3 Å². The minimum Gasteiger partial charge on any atom is -0.354 e. The molecule has 1 fully saturated rings. The molecule has 30 heavy (non-hydrogen) atoms. The third kappa shape index (κ3) is 3.68. The third-order valence-electron chi connectivity index (χ3n) is 5.72. The Morgan fingerprint density at radius 3 is 2.37 bits per heavy atom. The summed E-state index contributed by atoms with van der Waals surface area (Å²) in [4.78, 5) is 45.8. The Hall–Kier alpha value is -3.19. The van der Waals surface area contributed by atoms with Crippen LogP contribution < -0.4 is 10.7 Å². The van der Waals surface area contributed by atoms with Crippen molar-refractivity contribution in [1.29, 1.82) is 0 Å². The van der Waals surface area contributed by atoms with Crippen LogP contribution in [0.4, 0.5) is 0 Å². The second kappa shape index (κ2) is 7.57. The number of carbonyl (C=O) groups is 2. The average Bonchev–Trinajstić information content (AvgIpc) is 2.73. The van der Waals surface area contributed by atoms with Crippen LogP contribution >= 0.6 is 0 Å². The fourth-order valence-corrected chi connectivity index (χ4v) is 3.88. The van der Waals surface area contributed by atoms with E-state index in [0.717, 1.165) is 18.6 Å². The highest BCUT2D eigenvalue weighted by atomic mass is 16.2. The molecule has 1 aliphatic rings. The molecular formula is C23H26N4O3. The zero-order valence-electron chi connectivity index (χ0n) is 17.5. The van der Waals surface area contributed by atoms with Crippen LogP contribution in [0.2, 0.25) is 0 Å². The number of carbonyl (C=O) groups excluding carboxylic acids is 2. The number of hydrogen-bond donors (Lipinski definition) is 2. The topological polar surface area (TPSA) is 85.5 Å². The molecular weight excluding hydrogens is 380 g/mol. The van der Waals surface area contributed by atoms with Gasteiger partial charge in [0.2, 0.25) is 5.91 Å². The van der Waals surface area contributed by atoms with Crippen molar-refractivity contribution in [2.24, 2.45) is 0 Å². The van der Waals surface area contributed by atoms with Crippen molar-refractivity contribution in [3.63, 3.8) is 0 Å². The van der Waals surface area contributed by atoms with Gasteiger partial charge in [0.1, 0.15) is 5.54 Å². The molecule has 4 rings (SSSR count). The van der Waals surface area contributed by atoms with Crippen LogP contribution in [0.3, 0.4) is 0 Å². The van der Waals surface area contributed by atoms with Crippen molar-refractivity contribution in [3.8, 4) is 0 Å². The first-order valence-electron chi connectivity index (χ1n) is 10.1. The summed E-state index contributed by atoms with van der Waals surface area (Å²) in [5.41, 5.74) is 0.607. The van der Waals surface area contributed by atoms with Gasteiger partial charge >= 0.3 is 0 Å². The van der Waals surface area contributed by atoms with Gasteiger partial charge < -0.3 is 20.1 Å². The summed E-state index contributed by atoms with van der Waals surface area (Å²) in [6.45, 7) is 6.39. The predicted octanol–water partition coefficient (Wildman–Crippen LogP) is 1.96. The van der Waals surface area contributed by atoms with Crippen molar-refractivity contribution in [2.75, 3.05) is 33.2 Å². The van der Waals surface area contributed by atoms with E-state index in [0.29, 0.717) is 34.9 Å². The standard InChI is InChI=1S/C23H26N4O3/c1-23(2,22(30)27-12-10-26(3)11-13-27)25-21(29)15-8-9-17-19(14-15)24-18-7-5-4-6-16(18)20(17)28/h4-9,14H,10-13H2,1-3H3,(H,24,28)(H,25,29). The highest BCUT2D eigenvalue weighted by molar-refractivity contribution is 6.02. The molecule has 2 aromatic carbocycles. The summed E-state index contributed by atoms with van der Waals surface area (Å²) < 4.78 is 0. The molecule has 0 radical (unpaired) electrons. The van der Waals surface area contributed by atoms with Gasteiger partial charge in [0, 0.05) is 48.0 Å². The highest BCUT2D eigenvalue weighted by Crippen LogP contribution is 2.17. The first kappa shape index (κ1) is 20.1. The first-order valence-corrected chi connectivity index (χ1v) is 10.1. The molecule has 0 saturated carbocycles. The van der Waals surface area contributed by atoms with Crippen molar-refractivity contribution in [1.82, 2.24) is 20.1 Å². The van der Waals surface area contributed by atoms with Crippen molar-refractivity contribution >= 4 is 33.6 Å². The molecule has 7 nitrogen and oxygen atoms in total. The van der Waals surface area contributed by atoms with Crippen LogP contribution in [0.1, 0.15) is 24.2 Å². The van der Waals surface area contributed by atoms with E-state index in [2.05, 4.69) is 15.2 Å². The Bertz CT molecular complexity index is 1190. The van der Waals surface area contributed by atoms with Crippen LogP contribution in [-0.2, 0) is 4.79 Å². The van der Waals surface area contributed by atoms with Gasteiger partial charge in [-0.1, -0.05) is 12.1 Å². The maximum Gasteiger partial charge on any atom is 0.252 e. The monoisotopic (exact) mass is 406 g/mol. The first-order chi connectivity index (χ1) is 14.3. The largest absolute Gasteiger partial charge is 0.354 e. The zero-order valence-corrected chi connectivity index (χ0v) is 17.5. The number of nitrogens with one attached hydrogen (secondary N) is 2. The fraction of sp³-hybridized carbons (Fsp3) is 0.348. The van der Waals surface area contributed by atoms with Crippen LogP contribution in [0.25, 0.3) is 21.8 Å². The molecule has 1 aromatic heterocycles. The number of rotatable bonds is 3. The second-order valence-electron chi connectivity index (χ2n) is 8.43. The van der Waals surface area contributed by atoms with Crippen molar-refractivity contribution < 1.29 is 9.59 Å². The number of para-hydroxylation sites is 1. The highest BCUT2D eigenvalue weighted by Gasteiger charge is 2.34. The molecule has 7 heteroatoms. The Morgan fingerprint density at radius 2 is 1.63 bits per heavy atom. The Balaban J connectivity index is 1.59. The number of piperazine rings is 1. The van der Waals surface area contributed by atoms with Crippen LogP contribution in [0.5, 0.6) is 0 Å². The van der Waals surface area contributed by atoms with E-state index >= 15 is 0 Å². The average molecular weight is 406 g/mol. The van der Waals surface area contributed by atoms with E-state index in [1.54, 1.807) is 43.0 Å². The summed E-state index contributed by atoms with van der Waals surface area (Å²) in [5.74, 6) is -0.442. The SMILES string of the molecule is CN1CCN(C(=O)C(C)(C)NC(=O)c2ccc3c(=O)c4ccccc4[nH]c3c2)CC1. The molecule has 0 unspecified atom stereocenters. The Labute approximate surface area is 174 Å². The minimum absolute atomic E-state index is 0.0723. The summed E-state index contributed by atoms with van der Waals surface area (Å²) in [6, 6.07) is 12.2. The fourth-order valence-electron chi connectivity index (χ4n) is 3.88. The van der Waals surface area contributed by atoms with E-state index in [-0.39, 0.29) is 17.2 Å². The van der Waals surface area contributed by atoms with E-state index < -0.39 is 5.54 Å². The Morgan fingerprint density at radius 1 is 0.967 bits per heavy atom. The number of fused-ring (bicyclic) bond motifs is 2. The molecule has 0 atom stereocenters. The minimum atomic E-state index is -1.03. The van der Waals surface area contributed by atoms with E-state index in [9.17, 15) is 14.4 Å². The Kier molecular flexibility index (Phi) is 5.07. The lowest BCUT2D eigenvalue weighted by atomic mass is 10.0. The number of aromatic amines is 1. The maximum atomic E-state index is 12.9. The molecule has 0 spiro atoms.